The highest BCUT2D eigenvalue weighted by Gasteiger charge is 2.40. The quantitative estimate of drug-likeness (QED) is 0.400. The molecule has 0 aromatic heterocycles. The molecular formula is C27H32F2O. The Labute approximate surface area is 179 Å². The molecule has 4 rings (SSSR count). The summed E-state index contributed by atoms with van der Waals surface area (Å²) in [6, 6.07) is 11.1. The van der Waals surface area contributed by atoms with Crippen LogP contribution in [0.15, 0.2) is 42.5 Å². The van der Waals surface area contributed by atoms with Crippen LogP contribution in [-0.4, -0.2) is 6.61 Å². The second kappa shape index (κ2) is 9.32. The number of allylic oxidation sites excluding steroid dienone is 2. The molecule has 2 aliphatic carbocycles. The van der Waals surface area contributed by atoms with Gasteiger partial charge in [0.15, 0.2) is 11.6 Å². The number of halogens is 2. The number of hydrogen-bond acceptors (Lipinski definition) is 1. The molecular weight excluding hydrogens is 378 g/mol. The average molecular weight is 411 g/mol. The number of ether oxygens (including phenoxy) is 1. The molecule has 3 heteroatoms. The van der Waals surface area contributed by atoms with Gasteiger partial charge in [-0.25, -0.2) is 4.39 Å². The van der Waals surface area contributed by atoms with Gasteiger partial charge in [-0.05, 0) is 72.8 Å². The molecule has 0 heterocycles. The lowest BCUT2D eigenvalue weighted by atomic mass is 9.84. The average Bonchev–Trinajstić information content (AvgIpc) is 3.35. The van der Waals surface area contributed by atoms with E-state index in [9.17, 15) is 8.78 Å². The predicted molar refractivity (Wildman–Crippen MR) is 119 cm³/mol. The maximum atomic E-state index is 14.6. The molecule has 0 radical (unpaired) electrons. The van der Waals surface area contributed by atoms with Crippen molar-refractivity contribution in [2.45, 2.75) is 58.8 Å². The number of unbranched alkanes of at least 4 members (excludes halogenated alkanes) is 2. The fourth-order valence-electron chi connectivity index (χ4n) is 5.52. The van der Waals surface area contributed by atoms with Gasteiger partial charge in [-0.3, -0.25) is 0 Å². The van der Waals surface area contributed by atoms with Crippen LogP contribution in [0.25, 0.3) is 16.7 Å². The second-order valence-electron chi connectivity index (χ2n) is 8.75. The summed E-state index contributed by atoms with van der Waals surface area (Å²) in [6.07, 6.45) is 11.6. The van der Waals surface area contributed by atoms with Crippen LogP contribution in [0.1, 0.15) is 64.4 Å². The zero-order chi connectivity index (χ0) is 21.1. The number of benzene rings is 2. The van der Waals surface area contributed by atoms with E-state index in [1.54, 1.807) is 13.0 Å². The largest absolute Gasteiger partial charge is 0.491 e. The molecule has 160 valence electrons. The van der Waals surface area contributed by atoms with Gasteiger partial charge in [0.2, 0.25) is 5.82 Å². The van der Waals surface area contributed by atoms with Crippen LogP contribution in [0.3, 0.4) is 0 Å². The van der Waals surface area contributed by atoms with Crippen molar-refractivity contribution in [1.29, 1.82) is 0 Å². The van der Waals surface area contributed by atoms with E-state index in [-0.39, 0.29) is 11.3 Å². The van der Waals surface area contributed by atoms with Gasteiger partial charge in [-0.2, -0.15) is 4.39 Å². The molecule has 2 aliphatic rings. The van der Waals surface area contributed by atoms with E-state index in [2.05, 4.69) is 25.1 Å². The highest BCUT2D eigenvalue weighted by Crippen LogP contribution is 2.52. The molecule has 0 amide bonds. The molecule has 0 saturated heterocycles. The number of hydrogen-bond donors (Lipinski definition) is 0. The topological polar surface area (TPSA) is 9.23 Å². The summed E-state index contributed by atoms with van der Waals surface area (Å²) < 4.78 is 34.0. The van der Waals surface area contributed by atoms with Crippen LogP contribution in [0, 0.1) is 29.4 Å². The first kappa shape index (κ1) is 21.1. The van der Waals surface area contributed by atoms with E-state index >= 15 is 0 Å². The lowest BCUT2D eigenvalue weighted by molar-refractivity contribution is 0.314. The molecule has 0 bridgehead atoms. The highest BCUT2D eigenvalue weighted by molar-refractivity contribution is 5.73. The van der Waals surface area contributed by atoms with Crippen molar-refractivity contribution < 1.29 is 13.5 Å². The maximum absolute atomic E-state index is 14.6. The van der Waals surface area contributed by atoms with Crippen molar-refractivity contribution in [1.82, 2.24) is 0 Å². The van der Waals surface area contributed by atoms with Gasteiger partial charge in [-0.15, -0.1) is 0 Å². The molecule has 1 nitrogen and oxygen atoms in total. The van der Waals surface area contributed by atoms with Gasteiger partial charge in [0.05, 0.1) is 6.61 Å². The molecule has 1 fully saturated rings. The molecule has 1 saturated carbocycles. The van der Waals surface area contributed by atoms with Crippen molar-refractivity contribution in [3.8, 4) is 16.9 Å². The summed E-state index contributed by atoms with van der Waals surface area (Å²) >= 11 is 0. The molecule has 0 spiro atoms. The molecule has 0 aliphatic heterocycles. The third-order valence-electron chi connectivity index (χ3n) is 7.03. The minimum Gasteiger partial charge on any atom is -0.491 e. The van der Waals surface area contributed by atoms with Crippen LogP contribution < -0.4 is 4.74 Å². The summed E-state index contributed by atoms with van der Waals surface area (Å²) in [5, 5.41) is 0. The second-order valence-corrected chi connectivity index (χ2v) is 8.75. The van der Waals surface area contributed by atoms with E-state index in [4.69, 9.17) is 4.74 Å². The molecule has 3 unspecified atom stereocenters. The fraction of sp³-hybridized carbons (Fsp3) is 0.481. The number of rotatable bonds is 8. The summed E-state index contributed by atoms with van der Waals surface area (Å²) in [7, 11) is 0. The summed E-state index contributed by atoms with van der Waals surface area (Å²) in [4.78, 5) is 0. The third kappa shape index (κ3) is 4.04. The molecule has 3 atom stereocenters. The molecule has 2 aromatic rings. The Balaban J connectivity index is 1.48. The lowest BCUT2D eigenvalue weighted by Crippen LogP contribution is -2.11. The highest BCUT2D eigenvalue weighted by atomic mass is 19.2. The van der Waals surface area contributed by atoms with Gasteiger partial charge >= 0.3 is 0 Å². The van der Waals surface area contributed by atoms with Crippen molar-refractivity contribution >= 4 is 5.57 Å². The Morgan fingerprint density at radius 3 is 2.40 bits per heavy atom. The van der Waals surface area contributed by atoms with E-state index in [1.165, 1.54) is 62.1 Å². The Kier molecular flexibility index (Phi) is 6.55. The minimum atomic E-state index is -0.917. The normalized spacial score (nSPS) is 22.8. The van der Waals surface area contributed by atoms with E-state index in [0.717, 1.165) is 11.8 Å². The van der Waals surface area contributed by atoms with Gasteiger partial charge in [0.25, 0.3) is 0 Å². The molecule has 30 heavy (non-hydrogen) atoms. The molecule has 0 N–H and O–H groups in total. The van der Waals surface area contributed by atoms with E-state index in [0.29, 0.717) is 18.1 Å². The first-order valence-electron chi connectivity index (χ1n) is 11.6. The van der Waals surface area contributed by atoms with Gasteiger partial charge in [0.1, 0.15) is 0 Å². The SMILES string of the molecule is CCCCCC1CCC2C(c3ccc(-c4ccc(OCC)c(F)c4F)cc3)=CCC12. The Morgan fingerprint density at radius 1 is 0.900 bits per heavy atom. The van der Waals surface area contributed by atoms with Gasteiger partial charge < -0.3 is 4.74 Å². The lowest BCUT2D eigenvalue weighted by Gasteiger charge is -2.20. The zero-order valence-electron chi connectivity index (χ0n) is 18.1. The fourth-order valence-corrected chi connectivity index (χ4v) is 5.52. The first-order chi connectivity index (χ1) is 14.6. The van der Waals surface area contributed by atoms with E-state index < -0.39 is 11.6 Å². The number of fused-ring (bicyclic) bond motifs is 1. The van der Waals surface area contributed by atoms with Gasteiger partial charge in [-0.1, -0.05) is 62.9 Å². The summed E-state index contributed by atoms with van der Waals surface area (Å²) in [5.41, 5.74) is 3.66. The van der Waals surface area contributed by atoms with Crippen molar-refractivity contribution in [3.05, 3.63) is 59.7 Å². The van der Waals surface area contributed by atoms with Gasteiger partial charge in [0, 0.05) is 5.56 Å². The van der Waals surface area contributed by atoms with E-state index in [1.807, 2.05) is 12.1 Å². The maximum Gasteiger partial charge on any atom is 0.201 e. The Hall–Kier alpha value is -2.16. The first-order valence-corrected chi connectivity index (χ1v) is 11.6. The molecule has 2 aromatic carbocycles. The summed E-state index contributed by atoms with van der Waals surface area (Å²) in [5.74, 6) is 0.540. The zero-order valence-corrected chi connectivity index (χ0v) is 18.1. The minimum absolute atomic E-state index is 0.0350. The summed E-state index contributed by atoms with van der Waals surface area (Å²) in [6.45, 7) is 4.33. The van der Waals surface area contributed by atoms with Crippen LogP contribution >= 0.6 is 0 Å². The van der Waals surface area contributed by atoms with Crippen LogP contribution in [0.2, 0.25) is 0 Å². The third-order valence-corrected chi connectivity index (χ3v) is 7.03. The van der Waals surface area contributed by atoms with Crippen molar-refractivity contribution in [2.24, 2.45) is 17.8 Å². The van der Waals surface area contributed by atoms with Crippen LogP contribution in [-0.2, 0) is 0 Å². The smallest absolute Gasteiger partial charge is 0.201 e. The predicted octanol–water partition coefficient (Wildman–Crippen LogP) is 8.04. The van der Waals surface area contributed by atoms with Crippen LogP contribution in [0.5, 0.6) is 5.75 Å². The Bertz CT molecular complexity index is 900. The van der Waals surface area contributed by atoms with Crippen molar-refractivity contribution in [2.75, 3.05) is 6.61 Å². The standard InChI is InChI=1S/C27H32F2O/c1-3-5-6-7-18-12-13-24-21(18)14-15-22(24)19-8-10-20(11-9-19)23-16-17-25(30-4-2)27(29)26(23)28/h8-11,15-18,21,24H,3-7,12-14H2,1-2H3. The van der Waals surface area contributed by atoms with Crippen LogP contribution in [0.4, 0.5) is 8.78 Å². The monoisotopic (exact) mass is 410 g/mol. The van der Waals surface area contributed by atoms with Crippen molar-refractivity contribution in [3.63, 3.8) is 0 Å². The Morgan fingerprint density at radius 2 is 1.67 bits per heavy atom.